The smallest absolute Gasteiger partial charge is 0.00188 e. The third-order valence-electron chi connectivity index (χ3n) is 3.12. The van der Waals surface area contributed by atoms with E-state index in [0.29, 0.717) is 0 Å². The van der Waals surface area contributed by atoms with Crippen LogP contribution in [0.4, 0.5) is 0 Å². The van der Waals surface area contributed by atoms with E-state index in [9.17, 15) is 0 Å². The number of nitrogens with zero attached hydrogens (tertiary/aromatic N) is 1. The minimum absolute atomic E-state index is 0.837. The van der Waals surface area contributed by atoms with E-state index in [4.69, 9.17) is 5.73 Å². The van der Waals surface area contributed by atoms with Crippen LogP contribution in [-0.4, -0.2) is 31.6 Å². The highest BCUT2D eigenvalue weighted by atomic mass is 15.1. The fourth-order valence-electron chi connectivity index (χ4n) is 1.96. The predicted octanol–water partition coefficient (Wildman–Crippen LogP) is 2.68. The van der Waals surface area contributed by atoms with Gasteiger partial charge in [0, 0.05) is 6.54 Å². The number of hydrogen-bond acceptors (Lipinski definition) is 2. The maximum Gasteiger partial charge on any atom is 0.00188 e. The first-order chi connectivity index (χ1) is 8.33. The van der Waals surface area contributed by atoms with Gasteiger partial charge in [-0.25, -0.2) is 0 Å². The molecular formula is C15H26N2. The Morgan fingerprint density at radius 2 is 1.65 bits per heavy atom. The van der Waals surface area contributed by atoms with E-state index in [2.05, 4.69) is 42.3 Å². The maximum atomic E-state index is 5.47. The lowest BCUT2D eigenvalue weighted by molar-refractivity contribution is 0.328. The Hall–Kier alpha value is -0.860. The SMILES string of the molecule is CN(CCCCCCN)CCc1ccccc1. The average molecular weight is 234 g/mol. The van der Waals surface area contributed by atoms with E-state index in [1.165, 1.54) is 37.8 Å². The van der Waals surface area contributed by atoms with Gasteiger partial charge in [-0.05, 0) is 45.0 Å². The van der Waals surface area contributed by atoms with Gasteiger partial charge >= 0.3 is 0 Å². The van der Waals surface area contributed by atoms with Crippen LogP contribution in [0.15, 0.2) is 30.3 Å². The molecule has 0 atom stereocenters. The second-order valence-corrected chi connectivity index (χ2v) is 4.74. The fourth-order valence-corrected chi connectivity index (χ4v) is 1.96. The third-order valence-corrected chi connectivity index (χ3v) is 3.12. The summed E-state index contributed by atoms with van der Waals surface area (Å²) in [7, 11) is 2.21. The quantitative estimate of drug-likeness (QED) is 0.666. The zero-order valence-corrected chi connectivity index (χ0v) is 11.1. The van der Waals surface area contributed by atoms with Gasteiger partial charge in [-0.1, -0.05) is 43.2 Å². The number of rotatable bonds is 9. The summed E-state index contributed by atoms with van der Waals surface area (Å²) in [6, 6.07) is 10.7. The highest BCUT2D eigenvalue weighted by Gasteiger charge is 1.99. The van der Waals surface area contributed by atoms with Gasteiger partial charge in [0.2, 0.25) is 0 Å². The summed E-state index contributed by atoms with van der Waals surface area (Å²) in [6.07, 6.45) is 6.22. The number of likely N-dealkylation sites (N-methyl/N-ethyl adjacent to an activating group) is 1. The van der Waals surface area contributed by atoms with Crippen molar-refractivity contribution in [1.82, 2.24) is 4.90 Å². The van der Waals surface area contributed by atoms with E-state index in [1.807, 2.05) is 0 Å². The summed E-state index contributed by atoms with van der Waals surface area (Å²) in [5.41, 5.74) is 6.91. The van der Waals surface area contributed by atoms with Crippen molar-refractivity contribution in [2.75, 3.05) is 26.7 Å². The van der Waals surface area contributed by atoms with Gasteiger partial charge in [0.25, 0.3) is 0 Å². The zero-order valence-electron chi connectivity index (χ0n) is 11.1. The molecule has 0 radical (unpaired) electrons. The first-order valence-corrected chi connectivity index (χ1v) is 6.75. The second-order valence-electron chi connectivity index (χ2n) is 4.74. The summed E-state index contributed by atoms with van der Waals surface area (Å²) < 4.78 is 0. The van der Waals surface area contributed by atoms with Crippen molar-refractivity contribution in [3.63, 3.8) is 0 Å². The maximum absolute atomic E-state index is 5.47. The summed E-state index contributed by atoms with van der Waals surface area (Å²) in [4.78, 5) is 2.43. The lowest BCUT2D eigenvalue weighted by atomic mass is 10.1. The van der Waals surface area contributed by atoms with Gasteiger partial charge in [-0.2, -0.15) is 0 Å². The standard InChI is InChI=1S/C15H26N2/c1-17(13-8-3-2-7-12-16)14-11-15-9-5-4-6-10-15/h4-6,9-10H,2-3,7-8,11-14,16H2,1H3. The molecule has 0 amide bonds. The molecular weight excluding hydrogens is 208 g/mol. The Bertz CT molecular complexity index is 272. The Labute approximate surface area is 106 Å². The number of benzene rings is 1. The van der Waals surface area contributed by atoms with Crippen molar-refractivity contribution in [2.45, 2.75) is 32.1 Å². The molecule has 0 aromatic heterocycles. The first kappa shape index (κ1) is 14.2. The van der Waals surface area contributed by atoms with Crippen molar-refractivity contribution >= 4 is 0 Å². The fraction of sp³-hybridized carbons (Fsp3) is 0.600. The third kappa shape index (κ3) is 7.14. The topological polar surface area (TPSA) is 29.3 Å². The Morgan fingerprint density at radius 1 is 0.941 bits per heavy atom. The lowest BCUT2D eigenvalue weighted by Gasteiger charge is -2.16. The summed E-state index contributed by atoms with van der Waals surface area (Å²) in [5.74, 6) is 0. The highest BCUT2D eigenvalue weighted by Crippen LogP contribution is 2.03. The average Bonchev–Trinajstić information content (AvgIpc) is 2.37. The van der Waals surface area contributed by atoms with Crippen molar-refractivity contribution in [1.29, 1.82) is 0 Å². The van der Waals surface area contributed by atoms with Crippen LogP contribution in [0.1, 0.15) is 31.2 Å². The molecule has 1 aromatic rings. The summed E-state index contributed by atoms with van der Waals surface area (Å²) >= 11 is 0. The molecule has 2 heteroatoms. The largest absolute Gasteiger partial charge is 0.330 e. The molecule has 0 spiro atoms. The van der Waals surface area contributed by atoms with Crippen LogP contribution in [0.25, 0.3) is 0 Å². The molecule has 0 fully saturated rings. The van der Waals surface area contributed by atoms with Crippen LogP contribution in [0.2, 0.25) is 0 Å². The van der Waals surface area contributed by atoms with Gasteiger partial charge in [0.05, 0.1) is 0 Å². The van der Waals surface area contributed by atoms with Crippen LogP contribution in [-0.2, 0) is 6.42 Å². The van der Waals surface area contributed by atoms with Crippen LogP contribution < -0.4 is 5.73 Å². The van der Waals surface area contributed by atoms with E-state index in [1.54, 1.807) is 0 Å². The van der Waals surface area contributed by atoms with Gasteiger partial charge in [0.15, 0.2) is 0 Å². The predicted molar refractivity (Wildman–Crippen MR) is 75.2 cm³/mol. The second kappa shape index (κ2) is 9.20. The zero-order chi connectivity index (χ0) is 12.3. The summed E-state index contributed by atoms with van der Waals surface area (Å²) in [5, 5.41) is 0. The molecule has 0 bridgehead atoms. The van der Waals surface area contributed by atoms with E-state index >= 15 is 0 Å². The number of unbranched alkanes of at least 4 members (excludes halogenated alkanes) is 3. The normalized spacial score (nSPS) is 11.0. The Morgan fingerprint density at radius 3 is 2.35 bits per heavy atom. The molecule has 96 valence electrons. The van der Waals surface area contributed by atoms with Gasteiger partial charge in [-0.3, -0.25) is 0 Å². The van der Waals surface area contributed by atoms with E-state index in [0.717, 1.165) is 19.5 Å². The van der Waals surface area contributed by atoms with Crippen LogP contribution >= 0.6 is 0 Å². The molecule has 0 aliphatic carbocycles. The van der Waals surface area contributed by atoms with Gasteiger partial charge in [0.1, 0.15) is 0 Å². The Balaban J connectivity index is 2.03. The molecule has 0 heterocycles. The van der Waals surface area contributed by atoms with Crippen molar-refractivity contribution in [2.24, 2.45) is 5.73 Å². The molecule has 1 rings (SSSR count). The van der Waals surface area contributed by atoms with Gasteiger partial charge < -0.3 is 10.6 Å². The van der Waals surface area contributed by atoms with Gasteiger partial charge in [-0.15, -0.1) is 0 Å². The highest BCUT2D eigenvalue weighted by molar-refractivity contribution is 5.14. The van der Waals surface area contributed by atoms with Crippen LogP contribution in [0, 0.1) is 0 Å². The van der Waals surface area contributed by atoms with Crippen molar-refractivity contribution in [3.05, 3.63) is 35.9 Å². The van der Waals surface area contributed by atoms with E-state index in [-0.39, 0.29) is 0 Å². The molecule has 2 N–H and O–H groups in total. The van der Waals surface area contributed by atoms with Crippen molar-refractivity contribution in [3.8, 4) is 0 Å². The minimum Gasteiger partial charge on any atom is -0.330 e. The molecule has 0 saturated heterocycles. The molecule has 2 nitrogen and oxygen atoms in total. The molecule has 0 aliphatic heterocycles. The first-order valence-electron chi connectivity index (χ1n) is 6.75. The number of hydrogen-bond donors (Lipinski definition) is 1. The molecule has 0 saturated carbocycles. The molecule has 17 heavy (non-hydrogen) atoms. The Kier molecular flexibility index (Phi) is 7.69. The van der Waals surface area contributed by atoms with E-state index < -0.39 is 0 Å². The summed E-state index contributed by atoms with van der Waals surface area (Å²) in [6.45, 7) is 3.20. The van der Waals surface area contributed by atoms with Crippen molar-refractivity contribution < 1.29 is 0 Å². The molecule has 1 aromatic carbocycles. The monoisotopic (exact) mass is 234 g/mol. The minimum atomic E-state index is 0.837. The molecule has 0 unspecified atom stereocenters. The molecule has 0 aliphatic rings. The van der Waals surface area contributed by atoms with Crippen LogP contribution in [0.5, 0.6) is 0 Å². The lowest BCUT2D eigenvalue weighted by Crippen LogP contribution is -2.22. The number of nitrogens with two attached hydrogens (primary N) is 1. The van der Waals surface area contributed by atoms with Crippen LogP contribution in [0.3, 0.4) is 0 Å².